The summed E-state index contributed by atoms with van der Waals surface area (Å²) in [5.41, 5.74) is 7.18. The first-order valence-electron chi connectivity index (χ1n) is 4.57. The van der Waals surface area contributed by atoms with Gasteiger partial charge in [-0.25, -0.2) is 4.79 Å². The van der Waals surface area contributed by atoms with Gasteiger partial charge in [-0.15, -0.1) is 11.3 Å². The van der Waals surface area contributed by atoms with Crippen molar-refractivity contribution in [3.63, 3.8) is 0 Å². The third-order valence-electron chi connectivity index (χ3n) is 2.07. The number of esters is 1. The predicted octanol–water partition coefficient (Wildman–Crippen LogP) is 2.00. The zero-order valence-electron chi connectivity index (χ0n) is 8.72. The number of rotatable bonds is 3. The second kappa shape index (κ2) is 4.57. The van der Waals surface area contributed by atoms with Crippen molar-refractivity contribution in [2.45, 2.75) is 27.3 Å². The number of hydrogen-bond donors (Lipinski definition) is 1. The van der Waals surface area contributed by atoms with Crippen LogP contribution in [0.15, 0.2) is 0 Å². The third-order valence-corrected chi connectivity index (χ3v) is 3.13. The minimum absolute atomic E-state index is 0.255. The van der Waals surface area contributed by atoms with Crippen molar-refractivity contribution in [3.05, 3.63) is 20.9 Å². The van der Waals surface area contributed by atoms with Crippen molar-refractivity contribution in [1.82, 2.24) is 0 Å². The Hall–Kier alpha value is -0.870. The van der Waals surface area contributed by atoms with Crippen LogP contribution in [0.1, 0.15) is 32.6 Å². The molecule has 4 heteroatoms. The summed E-state index contributed by atoms with van der Waals surface area (Å²) in [6, 6.07) is 0. The zero-order valence-corrected chi connectivity index (χ0v) is 9.53. The molecule has 0 bridgehead atoms. The molecule has 0 amide bonds. The van der Waals surface area contributed by atoms with Gasteiger partial charge in [-0.05, 0) is 26.3 Å². The van der Waals surface area contributed by atoms with Crippen LogP contribution in [0.5, 0.6) is 0 Å². The van der Waals surface area contributed by atoms with Crippen molar-refractivity contribution in [2.24, 2.45) is 5.73 Å². The van der Waals surface area contributed by atoms with E-state index in [0.29, 0.717) is 18.7 Å². The second-order valence-corrected chi connectivity index (χ2v) is 4.42. The van der Waals surface area contributed by atoms with Crippen molar-refractivity contribution < 1.29 is 9.53 Å². The molecular weight excluding hydrogens is 198 g/mol. The molecule has 1 heterocycles. The van der Waals surface area contributed by atoms with Crippen molar-refractivity contribution in [1.29, 1.82) is 0 Å². The highest BCUT2D eigenvalue weighted by atomic mass is 32.1. The summed E-state index contributed by atoms with van der Waals surface area (Å²) in [6.45, 7) is 6.49. The van der Waals surface area contributed by atoms with Gasteiger partial charge in [0.25, 0.3) is 0 Å². The molecule has 0 atom stereocenters. The van der Waals surface area contributed by atoms with E-state index in [1.165, 1.54) is 0 Å². The van der Waals surface area contributed by atoms with Gasteiger partial charge in [0.1, 0.15) is 0 Å². The first-order chi connectivity index (χ1) is 6.61. The van der Waals surface area contributed by atoms with Crippen molar-refractivity contribution >= 4 is 17.3 Å². The van der Waals surface area contributed by atoms with Crippen molar-refractivity contribution in [3.8, 4) is 0 Å². The second-order valence-electron chi connectivity index (χ2n) is 2.99. The molecule has 0 aliphatic rings. The molecule has 1 aromatic rings. The average Bonchev–Trinajstić information content (AvgIpc) is 2.40. The first-order valence-corrected chi connectivity index (χ1v) is 5.39. The minimum Gasteiger partial charge on any atom is -0.462 e. The Labute approximate surface area is 87.9 Å². The van der Waals surface area contributed by atoms with Gasteiger partial charge in [0.2, 0.25) is 0 Å². The lowest BCUT2D eigenvalue weighted by Crippen LogP contribution is -2.10. The van der Waals surface area contributed by atoms with Gasteiger partial charge in [-0.2, -0.15) is 0 Å². The fraction of sp³-hybridized carbons (Fsp3) is 0.500. The molecule has 0 saturated carbocycles. The zero-order chi connectivity index (χ0) is 10.7. The summed E-state index contributed by atoms with van der Waals surface area (Å²) >= 11 is 1.59. The normalized spacial score (nSPS) is 10.3. The largest absolute Gasteiger partial charge is 0.462 e. The minimum atomic E-state index is -0.255. The number of carbonyl (C=O) groups is 1. The number of aryl methyl sites for hydroxylation is 2. The van der Waals surface area contributed by atoms with Crippen LogP contribution in [0.25, 0.3) is 0 Å². The van der Waals surface area contributed by atoms with Crippen LogP contribution in [-0.2, 0) is 11.3 Å². The van der Waals surface area contributed by atoms with Crippen LogP contribution in [0.4, 0.5) is 0 Å². The SMILES string of the molecule is CCOC(=O)c1c(C)sc(C)c1CN. The van der Waals surface area contributed by atoms with E-state index in [4.69, 9.17) is 10.5 Å². The summed E-state index contributed by atoms with van der Waals surface area (Å²) in [5, 5.41) is 0. The fourth-order valence-corrected chi connectivity index (χ4v) is 2.52. The van der Waals surface area contributed by atoms with E-state index in [-0.39, 0.29) is 5.97 Å². The van der Waals surface area contributed by atoms with Gasteiger partial charge in [-0.3, -0.25) is 0 Å². The Morgan fingerprint density at radius 1 is 1.43 bits per heavy atom. The smallest absolute Gasteiger partial charge is 0.339 e. The van der Waals surface area contributed by atoms with E-state index in [1.807, 2.05) is 13.8 Å². The van der Waals surface area contributed by atoms with Gasteiger partial charge in [0, 0.05) is 16.3 Å². The topological polar surface area (TPSA) is 52.3 Å². The maximum atomic E-state index is 11.6. The van der Waals surface area contributed by atoms with Gasteiger partial charge in [0.05, 0.1) is 12.2 Å². The molecule has 3 nitrogen and oxygen atoms in total. The molecule has 0 aliphatic carbocycles. The summed E-state index contributed by atoms with van der Waals surface area (Å²) in [4.78, 5) is 13.7. The Bertz CT molecular complexity index is 344. The lowest BCUT2D eigenvalue weighted by Gasteiger charge is -2.03. The molecule has 0 aromatic carbocycles. The Balaban J connectivity index is 3.11. The van der Waals surface area contributed by atoms with Crippen LogP contribution in [0.3, 0.4) is 0 Å². The van der Waals surface area contributed by atoms with Crippen molar-refractivity contribution in [2.75, 3.05) is 6.61 Å². The van der Waals surface area contributed by atoms with Crippen LogP contribution in [0, 0.1) is 13.8 Å². The molecule has 0 aliphatic heterocycles. The van der Waals surface area contributed by atoms with Gasteiger partial charge in [-0.1, -0.05) is 0 Å². The highest BCUT2D eigenvalue weighted by Gasteiger charge is 2.19. The van der Waals surface area contributed by atoms with E-state index in [2.05, 4.69) is 0 Å². The van der Waals surface area contributed by atoms with Crippen LogP contribution < -0.4 is 5.73 Å². The average molecular weight is 213 g/mol. The molecule has 0 saturated heterocycles. The monoisotopic (exact) mass is 213 g/mol. The van der Waals surface area contributed by atoms with Gasteiger partial charge in [0.15, 0.2) is 0 Å². The molecule has 14 heavy (non-hydrogen) atoms. The molecule has 0 radical (unpaired) electrons. The van der Waals surface area contributed by atoms with E-state index in [1.54, 1.807) is 18.3 Å². The van der Waals surface area contributed by atoms with Crippen LogP contribution >= 0.6 is 11.3 Å². The highest BCUT2D eigenvalue weighted by Crippen LogP contribution is 2.27. The Kier molecular flexibility index (Phi) is 3.66. The number of nitrogens with two attached hydrogens (primary N) is 1. The van der Waals surface area contributed by atoms with E-state index < -0.39 is 0 Å². The Morgan fingerprint density at radius 2 is 2.07 bits per heavy atom. The molecule has 0 unspecified atom stereocenters. The lowest BCUT2D eigenvalue weighted by molar-refractivity contribution is 0.0525. The number of hydrogen-bond acceptors (Lipinski definition) is 4. The molecular formula is C10H15NO2S. The molecule has 78 valence electrons. The number of carbonyl (C=O) groups excluding carboxylic acids is 1. The standard InChI is InChI=1S/C10H15NO2S/c1-4-13-10(12)9-7(3)14-6(2)8(9)5-11/h4-5,11H2,1-3H3. The molecule has 1 aromatic heterocycles. The summed E-state index contributed by atoms with van der Waals surface area (Å²) < 4.78 is 4.98. The quantitative estimate of drug-likeness (QED) is 0.781. The maximum absolute atomic E-state index is 11.6. The molecule has 0 fully saturated rings. The number of thiophene rings is 1. The lowest BCUT2D eigenvalue weighted by atomic mass is 10.1. The predicted molar refractivity (Wildman–Crippen MR) is 57.6 cm³/mol. The van der Waals surface area contributed by atoms with E-state index in [9.17, 15) is 4.79 Å². The van der Waals surface area contributed by atoms with Gasteiger partial charge >= 0.3 is 5.97 Å². The van der Waals surface area contributed by atoms with Crippen LogP contribution in [-0.4, -0.2) is 12.6 Å². The fourth-order valence-electron chi connectivity index (χ4n) is 1.45. The summed E-state index contributed by atoms with van der Waals surface area (Å²) in [6.07, 6.45) is 0. The molecule has 2 N–H and O–H groups in total. The summed E-state index contributed by atoms with van der Waals surface area (Å²) in [7, 11) is 0. The van der Waals surface area contributed by atoms with Gasteiger partial charge < -0.3 is 10.5 Å². The molecule has 0 spiro atoms. The first kappa shape index (κ1) is 11.2. The Morgan fingerprint density at radius 3 is 2.57 bits per heavy atom. The molecule has 1 rings (SSSR count). The third kappa shape index (κ3) is 1.96. The van der Waals surface area contributed by atoms with E-state index >= 15 is 0 Å². The van der Waals surface area contributed by atoms with Crippen LogP contribution in [0.2, 0.25) is 0 Å². The highest BCUT2D eigenvalue weighted by molar-refractivity contribution is 7.12. The maximum Gasteiger partial charge on any atom is 0.339 e. The number of ether oxygens (including phenoxy) is 1. The summed E-state index contributed by atoms with van der Waals surface area (Å²) in [5.74, 6) is -0.255. The van der Waals surface area contributed by atoms with E-state index in [0.717, 1.165) is 15.3 Å².